The van der Waals surface area contributed by atoms with Crippen LogP contribution < -0.4 is 5.73 Å². The largest absolute Gasteiger partial charge is 0.382 e. The molecule has 3 nitrogen and oxygen atoms in total. The quantitative estimate of drug-likeness (QED) is 0.710. The second-order valence-electron chi connectivity index (χ2n) is 3.96. The molecule has 2 N–H and O–H groups in total. The van der Waals surface area contributed by atoms with Crippen molar-refractivity contribution >= 4 is 16.9 Å². The van der Waals surface area contributed by atoms with E-state index in [9.17, 15) is 4.39 Å². The Balaban J connectivity index is 2.26. The summed E-state index contributed by atoms with van der Waals surface area (Å²) in [5.41, 5.74) is 8.48. The lowest BCUT2D eigenvalue weighted by Gasteiger charge is -2.06. The van der Waals surface area contributed by atoms with Crippen molar-refractivity contribution in [1.82, 2.24) is 9.97 Å². The van der Waals surface area contributed by atoms with Crippen LogP contribution in [0.2, 0.25) is 0 Å². The number of nitrogens with zero attached hydrogens (tertiary/aromatic N) is 2. The Hall–Kier alpha value is -2.49. The molecular weight excluding hydrogens is 229 g/mol. The summed E-state index contributed by atoms with van der Waals surface area (Å²) in [4.78, 5) is 8.71. The summed E-state index contributed by atoms with van der Waals surface area (Å²) < 4.78 is 13.2. The number of halogens is 1. The highest BCUT2D eigenvalue weighted by Gasteiger charge is 2.08. The van der Waals surface area contributed by atoms with Crippen molar-refractivity contribution in [1.29, 1.82) is 0 Å². The van der Waals surface area contributed by atoms with Gasteiger partial charge in [0, 0.05) is 5.56 Å². The van der Waals surface area contributed by atoms with E-state index >= 15 is 0 Å². The van der Waals surface area contributed by atoms with Crippen molar-refractivity contribution in [2.75, 3.05) is 5.73 Å². The summed E-state index contributed by atoms with van der Waals surface area (Å²) in [5.74, 6) is -0.0128. The molecule has 0 bridgehead atoms. The number of anilines is 1. The average Bonchev–Trinajstić information content (AvgIpc) is 2.38. The van der Waals surface area contributed by atoms with Crippen molar-refractivity contribution in [3.05, 3.63) is 54.3 Å². The van der Waals surface area contributed by atoms with E-state index in [1.807, 2.05) is 24.3 Å². The van der Waals surface area contributed by atoms with Gasteiger partial charge in [0.2, 0.25) is 0 Å². The number of benzene rings is 2. The van der Waals surface area contributed by atoms with Crippen LogP contribution in [0.3, 0.4) is 0 Å². The molecule has 1 aromatic heterocycles. The van der Waals surface area contributed by atoms with Crippen molar-refractivity contribution in [3.63, 3.8) is 0 Å². The Morgan fingerprint density at radius 3 is 2.33 bits per heavy atom. The van der Waals surface area contributed by atoms with E-state index in [1.54, 1.807) is 12.1 Å². The Morgan fingerprint density at radius 1 is 0.889 bits per heavy atom. The first kappa shape index (κ1) is 10.7. The molecule has 0 aliphatic heterocycles. The lowest BCUT2D eigenvalue weighted by Crippen LogP contribution is -1.98. The molecule has 0 fully saturated rings. The highest BCUT2D eigenvalue weighted by atomic mass is 19.1. The fourth-order valence-corrected chi connectivity index (χ4v) is 1.86. The molecule has 18 heavy (non-hydrogen) atoms. The highest BCUT2D eigenvalue weighted by Crippen LogP contribution is 2.25. The van der Waals surface area contributed by atoms with Crippen LogP contribution in [-0.2, 0) is 0 Å². The van der Waals surface area contributed by atoms with Gasteiger partial charge in [0.15, 0.2) is 5.82 Å². The molecule has 3 rings (SSSR count). The number of aromatic nitrogens is 2. The Morgan fingerprint density at radius 2 is 1.61 bits per heavy atom. The molecule has 0 spiro atoms. The van der Waals surface area contributed by atoms with Crippen LogP contribution in [0.5, 0.6) is 0 Å². The summed E-state index contributed by atoms with van der Waals surface area (Å²) in [5, 5.41) is 0. The maximum absolute atomic E-state index is 13.2. The molecule has 88 valence electrons. The lowest BCUT2D eigenvalue weighted by molar-refractivity contribution is 0.628. The third-order valence-corrected chi connectivity index (χ3v) is 2.70. The molecule has 4 heteroatoms. The molecule has 0 saturated carbocycles. The van der Waals surface area contributed by atoms with Crippen molar-refractivity contribution < 1.29 is 4.39 Å². The molecule has 0 aliphatic carbocycles. The average molecular weight is 239 g/mol. The minimum absolute atomic E-state index is 0.305. The number of nitrogens with two attached hydrogens (primary N) is 1. The van der Waals surface area contributed by atoms with Crippen molar-refractivity contribution in [3.8, 4) is 11.3 Å². The predicted molar refractivity (Wildman–Crippen MR) is 69.3 cm³/mol. The number of fused-ring (bicyclic) bond motifs is 1. The number of rotatable bonds is 1. The zero-order valence-corrected chi connectivity index (χ0v) is 9.47. The topological polar surface area (TPSA) is 51.8 Å². The van der Waals surface area contributed by atoms with Crippen molar-refractivity contribution in [2.45, 2.75) is 0 Å². The maximum Gasteiger partial charge on any atom is 0.150 e. The zero-order chi connectivity index (χ0) is 12.5. The second kappa shape index (κ2) is 4.07. The summed E-state index contributed by atoms with van der Waals surface area (Å²) in [6.45, 7) is 0. The molecule has 2 aromatic carbocycles. The van der Waals surface area contributed by atoms with E-state index in [-0.39, 0.29) is 5.82 Å². The van der Waals surface area contributed by atoms with Crippen LogP contribution in [0.25, 0.3) is 22.3 Å². The van der Waals surface area contributed by atoms with Crippen LogP contribution in [0.15, 0.2) is 48.5 Å². The smallest absolute Gasteiger partial charge is 0.150 e. The third kappa shape index (κ3) is 1.78. The molecule has 0 saturated heterocycles. The highest BCUT2D eigenvalue weighted by molar-refractivity contribution is 5.82. The number of para-hydroxylation sites is 2. The Kier molecular flexibility index (Phi) is 2.41. The number of nitrogen functional groups attached to an aromatic ring is 1. The van der Waals surface area contributed by atoms with Gasteiger partial charge in [-0.1, -0.05) is 24.3 Å². The molecule has 3 aromatic rings. The van der Waals surface area contributed by atoms with Crippen LogP contribution in [0.1, 0.15) is 0 Å². The van der Waals surface area contributed by atoms with Crippen LogP contribution in [0, 0.1) is 5.82 Å². The van der Waals surface area contributed by atoms with E-state index < -0.39 is 0 Å². The number of hydrogen-bond donors (Lipinski definition) is 1. The van der Waals surface area contributed by atoms with Gasteiger partial charge in [0.1, 0.15) is 11.5 Å². The first-order valence-electron chi connectivity index (χ1n) is 5.52. The predicted octanol–water partition coefficient (Wildman–Crippen LogP) is 3.02. The monoisotopic (exact) mass is 239 g/mol. The zero-order valence-electron chi connectivity index (χ0n) is 9.47. The fraction of sp³-hybridized carbons (Fsp3) is 0. The van der Waals surface area contributed by atoms with E-state index in [4.69, 9.17) is 5.73 Å². The van der Waals surface area contributed by atoms with Gasteiger partial charge in [-0.25, -0.2) is 14.4 Å². The fourth-order valence-electron chi connectivity index (χ4n) is 1.86. The van der Waals surface area contributed by atoms with Crippen LogP contribution in [0.4, 0.5) is 10.2 Å². The Labute approximate surface area is 103 Å². The van der Waals surface area contributed by atoms with E-state index in [1.165, 1.54) is 12.1 Å². The summed E-state index contributed by atoms with van der Waals surface area (Å²) in [7, 11) is 0. The molecule has 0 aliphatic rings. The van der Waals surface area contributed by atoms with E-state index in [2.05, 4.69) is 9.97 Å². The van der Waals surface area contributed by atoms with Gasteiger partial charge in [-0.05, 0) is 24.3 Å². The van der Waals surface area contributed by atoms with Crippen LogP contribution >= 0.6 is 0 Å². The minimum atomic E-state index is -0.318. The SMILES string of the molecule is Nc1nc2ccccc2nc1-c1cccc(F)c1. The van der Waals surface area contributed by atoms with Gasteiger partial charge in [0.05, 0.1) is 11.0 Å². The van der Waals surface area contributed by atoms with Crippen LogP contribution in [-0.4, -0.2) is 9.97 Å². The second-order valence-corrected chi connectivity index (χ2v) is 3.96. The summed E-state index contributed by atoms with van der Waals surface area (Å²) in [6, 6.07) is 13.6. The molecule has 1 heterocycles. The molecular formula is C14H10FN3. The first-order valence-corrected chi connectivity index (χ1v) is 5.52. The number of hydrogen-bond acceptors (Lipinski definition) is 3. The summed E-state index contributed by atoms with van der Waals surface area (Å²) in [6.07, 6.45) is 0. The molecule has 0 amide bonds. The summed E-state index contributed by atoms with van der Waals surface area (Å²) >= 11 is 0. The van der Waals surface area contributed by atoms with Gasteiger partial charge in [-0.15, -0.1) is 0 Å². The first-order chi connectivity index (χ1) is 8.74. The molecule has 0 radical (unpaired) electrons. The van der Waals surface area contributed by atoms with E-state index in [0.717, 1.165) is 11.0 Å². The van der Waals surface area contributed by atoms with Gasteiger partial charge in [-0.3, -0.25) is 0 Å². The minimum Gasteiger partial charge on any atom is -0.382 e. The van der Waals surface area contributed by atoms with Gasteiger partial charge in [-0.2, -0.15) is 0 Å². The van der Waals surface area contributed by atoms with Gasteiger partial charge in [0.25, 0.3) is 0 Å². The lowest BCUT2D eigenvalue weighted by atomic mass is 10.1. The third-order valence-electron chi connectivity index (χ3n) is 2.70. The standard InChI is InChI=1S/C14H10FN3/c15-10-5-3-4-9(8-10)13-14(16)18-12-7-2-1-6-11(12)17-13/h1-8H,(H2,16,18). The molecule has 0 atom stereocenters. The normalized spacial score (nSPS) is 10.7. The molecule has 0 unspecified atom stereocenters. The van der Waals surface area contributed by atoms with Crippen molar-refractivity contribution in [2.24, 2.45) is 0 Å². The Bertz CT molecular complexity index is 725. The van der Waals surface area contributed by atoms with Gasteiger partial charge < -0.3 is 5.73 Å². The van der Waals surface area contributed by atoms with Gasteiger partial charge >= 0.3 is 0 Å². The van der Waals surface area contributed by atoms with E-state index in [0.29, 0.717) is 17.1 Å². The maximum atomic E-state index is 13.2.